The predicted octanol–water partition coefficient (Wildman–Crippen LogP) is -0.181. The summed E-state index contributed by atoms with van der Waals surface area (Å²) >= 11 is 0. The molecule has 20 heavy (non-hydrogen) atoms. The van der Waals surface area contributed by atoms with Gasteiger partial charge in [0.05, 0.1) is 25.9 Å². The van der Waals surface area contributed by atoms with E-state index in [-0.39, 0.29) is 10.8 Å². The highest BCUT2D eigenvalue weighted by Crippen LogP contribution is 2.41. The molecule has 1 spiro atoms. The van der Waals surface area contributed by atoms with E-state index in [9.17, 15) is 4.79 Å². The van der Waals surface area contributed by atoms with E-state index in [1.165, 1.54) is 32.1 Å². The zero-order valence-corrected chi connectivity index (χ0v) is 13.2. The average molecular weight is 278 g/mol. The normalized spacial score (nSPS) is 49.0. The molecule has 4 saturated heterocycles. The number of hydrogen-bond acceptors (Lipinski definition) is 1. The summed E-state index contributed by atoms with van der Waals surface area (Å²) in [5.41, 5.74) is 0.516. The van der Waals surface area contributed by atoms with Crippen LogP contribution in [0.2, 0.25) is 0 Å². The smallest absolute Gasteiger partial charge is 0.222 e. The summed E-state index contributed by atoms with van der Waals surface area (Å²) < 4.78 is 0. The lowest BCUT2D eigenvalue weighted by atomic mass is 9.57. The number of piperidine rings is 2. The maximum Gasteiger partial charge on any atom is 0.222 e. The van der Waals surface area contributed by atoms with Crippen LogP contribution in [0, 0.1) is 10.8 Å². The predicted molar refractivity (Wildman–Crippen MR) is 77.7 cm³/mol. The topological polar surface area (TPSA) is 26.0 Å². The van der Waals surface area contributed by atoms with Gasteiger partial charge in [0.1, 0.15) is 23.9 Å². The van der Waals surface area contributed by atoms with Crippen LogP contribution in [-0.2, 0) is 4.79 Å². The highest BCUT2D eigenvalue weighted by molar-refractivity contribution is 5.91. The highest BCUT2D eigenvalue weighted by atomic mass is 16.1. The molecule has 3 heteroatoms. The van der Waals surface area contributed by atoms with E-state index in [4.69, 9.17) is 0 Å². The molecule has 0 aromatic rings. The number of ketones is 1. The number of Topliss-reactive ketones (excluding diaryl/α,β-unsaturated/α-hetero) is 1. The maximum absolute atomic E-state index is 13.1. The number of carbonyl (C=O) groups is 1. The third-order valence-electron chi connectivity index (χ3n) is 7.13. The molecule has 4 heterocycles. The lowest BCUT2D eigenvalue weighted by Gasteiger charge is -2.65. The van der Waals surface area contributed by atoms with Crippen molar-refractivity contribution >= 4 is 5.78 Å². The van der Waals surface area contributed by atoms with Crippen LogP contribution in [0.5, 0.6) is 0 Å². The van der Waals surface area contributed by atoms with Crippen molar-refractivity contribution in [1.29, 1.82) is 0 Å². The number of hydrogen-bond donors (Lipinski definition) is 2. The van der Waals surface area contributed by atoms with Gasteiger partial charge in [0.25, 0.3) is 0 Å². The van der Waals surface area contributed by atoms with Crippen LogP contribution in [-0.4, -0.2) is 37.6 Å². The molecule has 2 atom stereocenters. The Balaban J connectivity index is 1.73. The van der Waals surface area contributed by atoms with E-state index in [0.717, 1.165) is 39.0 Å². The Morgan fingerprint density at radius 2 is 1.60 bits per heavy atom. The molecule has 4 aliphatic heterocycles. The van der Waals surface area contributed by atoms with Crippen molar-refractivity contribution in [2.75, 3.05) is 26.2 Å². The van der Waals surface area contributed by atoms with Gasteiger partial charge in [-0.3, -0.25) is 14.6 Å². The van der Waals surface area contributed by atoms with Crippen LogP contribution in [0.25, 0.3) is 0 Å². The van der Waals surface area contributed by atoms with Gasteiger partial charge < -0.3 is 0 Å². The number of quaternary nitrogens is 2. The van der Waals surface area contributed by atoms with Crippen molar-refractivity contribution in [3.63, 3.8) is 0 Å². The molecular weight excluding hydrogens is 248 g/mol. The lowest BCUT2D eigenvalue weighted by molar-refractivity contribution is -1.20. The van der Waals surface area contributed by atoms with Crippen molar-refractivity contribution in [3.05, 3.63) is 0 Å². The van der Waals surface area contributed by atoms with Gasteiger partial charge in [-0.1, -0.05) is 19.8 Å². The second-order valence-electron chi connectivity index (χ2n) is 8.48. The molecule has 1 aliphatic carbocycles. The second kappa shape index (κ2) is 4.07. The van der Waals surface area contributed by atoms with Crippen LogP contribution in [0.15, 0.2) is 0 Å². The van der Waals surface area contributed by atoms with E-state index >= 15 is 0 Å². The minimum atomic E-state index is -0.0148. The standard InChI is InChI=1S/C17H28N2O/c1-3-7-16-12-18-10-15(2,14(16)20)11-19(13-16)17(18)8-5-4-6-9-17/h3-13H2,1-2H3/p+2. The van der Waals surface area contributed by atoms with Gasteiger partial charge in [-0.05, 0) is 26.2 Å². The van der Waals surface area contributed by atoms with E-state index in [1.807, 2.05) is 0 Å². The summed E-state index contributed by atoms with van der Waals surface area (Å²) in [6.45, 7) is 9.08. The summed E-state index contributed by atoms with van der Waals surface area (Å²) in [5.74, 6) is 0.630. The van der Waals surface area contributed by atoms with E-state index in [1.54, 1.807) is 9.80 Å². The number of carbonyl (C=O) groups excluding carboxylic acids is 1. The average Bonchev–Trinajstić information content (AvgIpc) is 2.42. The fourth-order valence-corrected chi connectivity index (χ4v) is 6.53. The van der Waals surface area contributed by atoms with E-state index in [0.29, 0.717) is 11.4 Å². The molecule has 3 nitrogen and oxygen atoms in total. The number of rotatable bonds is 2. The van der Waals surface area contributed by atoms with Crippen molar-refractivity contribution < 1.29 is 14.6 Å². The lowest BCUT2D eigenvalue weighted by Crippen LogP contribution is -3.49. The van der Waals surface area contributed by atoms with Crippen LogP contribution >= 0.6 is 0 Å². The van der Waals surface area contributed by atoms with Gasteiger partial charge in [-0.15, -0.1) is 0 Å². The Morgan fingerprint density at radius 3 is 2.15 bits per heavy atom. The van der Waals surface area contributed by atoms with Gasteiger partial charge in [0.15, 0.2) is 5.78 Å². The minimum Gasteiger partial charge on any atom is -0.297 e. The molecule has 112 valence electrons. The Bertz CT molecular complexity index is 420. The SMILES string of the molecule is CCCC12C[NH+]3CC(C)(C[NH+](C1)C31CCCCC1)C2=O. The first-order chi connectivity index (χ1) is 9.55. The molecule has 5 aliphatic rings. The first kappa shape index (κ1) is 13.3. The first-order valence-corrected chi connectivity index (χ1v) is 8.80. The molecule has 5 fully saturated rings. The Hall–Kier alpha value is -0.410. The van der Waals surface area contributed by atoms with Gasteiger partial charge in [-0.2, -0.15) is 0 Å². The quantitative estimate of drug-likeness (QED) is 0.720. The molecule has 5 rings (SSSR count). The van der Waals surface area contributed by atoms with Crippen molar-refractivity contribution in [1.82, 2.24) is 0 Å². The molecule has 0 aromatic heterocycles. The first-order valence-electron chi connectivity index (χ1n) is 8.80. The summed E-state index contributed by atoms with van der Waals surface area (Å²) in [7, 11) is 0. The molecule has 1 saturated carbocycles. The third-order valence-corrected chi connectivity index (χ3v) is 7.13. The van der Waals surface area contributed by atoms with Crippen molar-refractivity contribution in [2.24, 2.45) is 10.8 Å². The summed E-state index contributed by atoms with van der Waals surface area (Å²) in [6.07, 6.45) is 9.36. The van der Waals surface area contributed by atoms with Gasteiger partial charge >= 0.3 is 0 Å². The molecule has 4 bridgehead atoms. The fraction of sp³-hybridized carbons (Fsp3) is 0.941. The Kier molecular flexibility index (Phi) is 2.70. The van der Waals surface area contributed by atoms with Crippen LogP contribution in [0.4, 0.5) is 0 Å². The molecule has 2 N–H and O–H groups in total. The molecule has 0 amide bonds. The summed E-state index contributed by atoms with van der Waals surface area (Å²) in [4.78, 5) is 16.7. The zero-order valence-electron chi connectivity index (χ0n) is 13.2. The zero-order chi connectivity index (χ0) is 14.0. The highest BCUT2D eigenvalue weighted by Gasteiger charge is 2.73. The third kappa shape index (κ3) is 1.46. The minimum absolute atomic E-state index is 0.0148. The molecule has 0 radical (unpaired) electrons. The maximum atomic E-state index is 13.1. The second-order valence-corrected chi connectivity index (χ2v) is 8.48. The van der Waals surface area contributed by atoms with Crippen LogP contribution < -0.4 is 9.80 Å². The van der Waals surface area contributed by atoms with Gasteiger partial charge in [-0.25, -0.2) is 0 Å². The van der Waals surface area contributed by atoms with E-state index < -0.39 is 0 Å². The van der Waals surface area contributed by atoms with Crippen molar-refractivity contribution in [3.8, 4) is 0 Å². The monoisotopic (exact) mass is 278 g/mol. The summed E-state index contributed by atoms with van der Waals surface area (Å²) in [6, 6.07) is 0. The summed E-state index contributed by atoms with van der Waals surface area (Å²) in [5, 5.41) is 0. The van der Waals surface area contributed by atoms with Crippen LogP contribution in [0.3, 0.4) is 0 Å². The molecule has 2 unspecified atom stereocenters. The van der Waals surface area contributed by atoms with Crippen molar-refractivity contribution in [2.45, 2.75) is 64.5 Å². The molecular formula is C17H30N2O+2. The van der Waals surface area contributed by atoms with Crippen LogP contribution in [0.1, 0.15) is 58.8 Å². The Morgan fingerprint density at radius 1 is 1.00 bits per heavy atom. The number of nitrogens with one attached hydrogen (secondary N) is 2. The Labute approximate surface area is 122 Å². The van der Waals surface area contributed by atoms with E-state index in [2.05, 4.69) is 13.8 Å². The van der Waals surface area contributed by atoms with Gasteiger partial charge in [0, 0.05) is 0 Å². The largest absolute Gasteiger partial charge is 0.297 e. The van der Waals surface area contributed by atoms with Gasteiger partial charge in [0.2, 0.25) is 5.66 Å². The molecule has 0 aromatic carbocycles. The fourth-order valence-electron chi connectivity index (χ4n) is 6.53.